The van der Waals surface area contributed by atoms with Gasteiger partial charge in [0, 0.05) is 36.8 Å². The monoisotopic (exact) mass is 484 g/mol. The summed E-state index contributed by atoms with van der Waals surface area (Å²) in [6.45, 7) is 8.13. The number of aliphatic hydroxyl groups excluding tert-OH is 1. The van der Waals surface area contributed by atoms with Crippen LogP contribution < -0.4 is 4.74 Å². The maximum Gasteiger partial charge on any atom is 0.295 e. The first-order valence-electron chi connectivity index (χ1n) is 11.5. The Morgan fingerprint density at radius 3 is 2.47 bits per heavy atom. The van der Waals surface area contributed by atoms with Crippen LogP contribution in [0.1, 0.15) is 29.7 Å². The van der Waals surface area contributed by atoms with Gasteiger partial charge in [-0.15, -0.1) is 0 Å². The molecule has 2 aliphatic heterocycles. The standard InChI is InChI=1S/C26H29ClN2O5/c1-3-34-21-9-6-19(16-17(21)2)24(30)22-23(18-4-7-20(27)8-5-18)29(26(32)25(22)31)11-10-28-12-14-33-15-13-28/h4-9,16,23,30H,3,10-15H2,1-2H3/b24-22+. The maximum absolute atomic E-state index is 13.2. The molecule has 0 spiro atoms. The fourth-order valence-corrected chi connectivity index (χ4v) is 4.57. The molecule has 1 atom stereocenters. The molecule has 7 nitrogen and oxygen atoms in total. The van der Waals surface area contributed by atoms with Crippen LogP contribution in [0.4, 0.5) is 0 Å². The number of Topliss-reactive ketones (excluding diaryl/α,β-unsaturated/α-hetero) is 1. The van der Waals surface area contributed by atoms with Crippen molar-refractivity contribution in [3.63, 3.8) is 0 Å². The van der Waals surface area contributed by atoms with Crippen LogP contribution in [0.5, 0.6) is 5.75 Å². The number of carbonyl (C=O) groups excluding carboxylic acids is 2. The van der Waals surface area contributed by atoms with Gasteiger partial charge in [-0.05, 0) is 55.3 Å². The number of aryl methyl sites for hydroxylation is 1. The third-order valence-electron chi connectivity index (χ3n) is 6.23. The molecule has 1 unspecified atom stereocenters. The Labute approximate surface area is 204 Å². The van der Waals surface area contributed by atoms with E-state index in [1.165, 1.54) is 0 Å². The molecule has 0 saturated carbocycles. The second kappa shape index (κ2) is 10.6. The van der Waals surface area contributed by atoms with E-state index in [1.807, 2.05) is 13.8 Å². The Balaban J connectivity index is 1.73. The van der Waals surface area contributed by atoms with E-state index in [0.29, 0.717) is 49.2 Å². The number of ether oxygens (including phenoxy) is 2. The van der Waals surface area contributed by atoms with E-state index < -0.39 is 17.7 Å². The summed E-state index contributed by atoms with van der Waals surface area (Å²) in [6.07, 6.45) is 0. The van der Waals surface area contributed by atoms with Gasteiger partial charge in [0.2, 0.25) is 0 Å². The lowest BCUT2D eigenvalue weighted by atomic mass is 9.95. The first kappa shape index (κ1) is 24.3. The fourth-order valence-electron chi connectivity index (χ4n) is 4.45. The summed E-state index contributed by atoms with van der Waals surface area (Å²) in [5.74, 6) is -0.791. The van der Waals surface area contributed by atoms with Gasteiger partial charge >= 0.3 is 0 Å². The van der Waals surface area contributed by atoms with Gasteiger partial charge in [-0.1, -0.05) is 23.7 Å². The minimum atomic E-state index is -0.704. The number of hydrogen-bond acceptors (Lipinski definition) is 6. The van der Waals surface area contributed by atoms with Gasteiger partial charge in [-0.2, -0.15) is 0 Å². The molecule has 8 heteroatoms. The molecule has 0 aliphatic carbocycles. The molecular weight excluding hydrogens is 456 g/mol. The van der Waals surface area contributed by atoms with E-state index in [2.05, 4.69) is 4.90 Å². The lowest BCUT2D eigenvalue weighted by molar-refractivity contribution is -0.140. The van der Waals surface area contributed by atoms with Crippen molar-refractivity contribution >= 4 is 29.1 Å². The van der Waals surface area contributed by atoms with Crippen molar-refractivity contribution in [3.8, 4) is 5.75 Å². The maximum atomic E-state index is 13.2. The molecule has 180 valence electrons. The molecule has 2 aliphatic rings. The summed E-state index contributed by atoms with van der Waals surface area (Å²) in [5, 5.41) is 11.8. The summed E-state index contributed by atoms with van der Waals surface area (Å²) in [6, 6.07) is 11.5. The first-order chi connectivity index (χ1) is 16.4. The van der Waals surface area contributed by atoms with E-state index in [-0.39, 0.29) is 11.3 Å². The first-order valence-corrected chi connectivity index (χ1v) is 11.9. The minimum absolute atomic E-state index is 0.0814. The largest absolute Gasteiger partial charge is 0.507 e. The number of halogens is 1. The van der Waals surface area contributed by atoms with E-state index in [1.54, 1.807) is 47.4 Å². The van der Waals surface area contributed by atoms with Crippen LogP contribution in [-0.2, 0) is 14.3 Å². The Morgan fingerprint density at radius 2 is 1.82 bits per heavy atom. The third-order valence-corrected chi connectivity index (χ3v) is 6.49. The zero-order chi connectivity index (χ0) is 24.2. The quantitative estimate of drug-likeness (QED) is 0.366. The van der Waals surface area contributed by atoms with Crippen molar-refractivity contribution in [2.45, 2.75) is 19.9 Å². The van der Waals surface area contributed by atoms with Gasteiger partial charge in [-0.3, -0.25) is 14.5 Å². The number of rotatable bonds is 7. The molecule has 2 heterocycles. The number of likely N-dealkylation sites (tertiary alicyclic amines) is 1. The van der Waals surface area contributed by atoms with Gasteiger partial charge in [0.05, 0.1) is 31.4 Å². The van der Waals surface area contributed by atoms with Gasteiger partial charge in [0.25, 0.3) is 11.7 Å². The van der Waals surface area contributed by atoms with Crippen LogP contribution in [0.25, 0.3) is 5.76 Å². The normalized spacial score (nSPS) is 20.7. The predicted molar refractivity (Wildman–Crippen MR) is 130 cm³/mol. The molecule has 4 rings (SSSR count). The van der Waals surface area contributed by atoms with Gasteiger partial charge in [-0.25, -0.2) is 0 Å². The summed E-state index contributed by atoms with van der Waals surface area (Å²) >= 11 is 6.09. The molecule has 0 radical (unpaired) electrons. The molecule has 1 N–H and O–H groups in total. The smallest absolute Gasteiger partial charge is 0.295 e. The molecule has 2 saturated heterocycles. The van der Waals surface area contributed by atoms with Crippen molar-refractivity contribution in [2.24, 2.45) is 0 Å². The highest BCUT2D eigenvalue weighted by Crippen LogP contribution is 2.40. The number of nitrogens with zero attached hydrogens (tertiary/aromatic N) is 2. The topological polar surface area (TPSA) is 79.3 Å². The number of ketones is 1. The predicted octanol–water partition coefficient (Wildman–Crippen LogP) is 3.80. The van der Waals surface area contributed by atoms with Gasteiger partial charge in [0.15, 0.2) is 0 Å². The second-order valence-electron chi connectivity index (χ2n) is 8.41. The van der Waals surface area contributed by atoms with Crippen molar-refractivity contribution in [3.05, 3.63) is 69.8 Å². The number of benzene rings is 2. The highest BCUT2D eigenvalue weighted by molar-refractivity contribution is 6.46. The van der Waals surface area contributed by atoms with E-state index >= 15 is 0 Å². The summed E-state index contributed by atoms with van der Waals surface area (Å²) in [7, 11) is 0. The third kappa shape index (κ3) is 4.97. The van der Waals surface area contributed by atoms with Gasteiger partial charge < -0.3 is 19.5 Å². The van der Waals surface area contributed by atoms with Crippen LogP contribution in [0, 0.1) is 6.92 Å². The lowest BCUT2D eigenvalue weighted by Gasteiger charge is -2.31. The number of morpholine rings is 1. The Bertz CT molecular complexity index is 1090. The SMILES string of the molecule is CCOc1ccc(/C(O)=C2\C(=O)C(=O)N(CCN3CCOCC3)C2c2ccc(Cl)cc2)cc1C. The Morgan fingerprint density at radius 1 is 1.12 bits per heavy atom. The molecule has 1 amide bonds. The van der Waals surface area contributed by atoms with Crippen molar-refractivity contribution in [1.82, 2.24) is 9.80 Å². The molecule has 2 aromatic rings. The van der Waals surface area contributed by atoms with E-state index in [0.717, 1.165) is 24.2 Å². The highest BCUT2D eigenvalue weighted by atomic mass is 35.5. The number of hydrogen-bond donors (Lipinski definition) is 1. The molecule has 34 heavy (non-hydrogen) atoms. The van der Waals surface area contributed by atoms with Crippen LogP contribution in [0.2, 0.25) is 5.02 Å². The van der Waals surface area contributed by atoms with Crippen LogP contribution in [0.15, 0.2) is 48.0 Å². The second-order valence-corrected chi connectivity index (χ2v) is 8.85. The zero-order valence-electron chi connectivity index (χ0n) is 19.4. The lowest BCUT2D eigenvalue weighted by Crippen LogP contribution is -2.42. The van der Waals surface area contributed by atoms with E-state index in [9.17, 15) is 14.7 Å². The molecular formula is C26H29ClN2O5. The minimum Gasteiger partial charge on any atom is -0.507 e. The van der Waals surface area contributed by atoms with Crippen LogP contribution >= 0.6 is 11.6 Å². The average Bonchev–Trinajstić information content (AvgIpc) is 3.09. The molecule has 0 aromatic heterocycles. The van der Waals surface area contributed by atoms with Crippen molar-refractivity contribution in [2.75, 3.05) is 46.0 Å². The van der Waals surface area contributed by atoms with Gasteiger partial charge in [0.1, 0.15) is 11.5 Å². The number of carbonyl (C=O) groups is 2. The highest BCUT2D eigenvalue weighted by Gasteiger charge is 2.46. The van der Waals surface area contributed by atoms with Crippen LogP contribution in [-0.4, -0.2) is 72.6 Å². The Hall–Kier alpha value is -2.87. The number of aliphatic hydroxyl groups is 1. The van der Waals surface area contributed by atoms with Crippen LogP contribution in [0.3, 0.4) is 0 Å². The number of amides is 1. The Kier molecular flexibility index (Phi) is 7.56. The summed E-state index contributed by atoms with van der Waals surface area (Å²) < 4.78 is 11.0. The molecule has 2 fully saturated rings. The molecule has 2 aromatic carbocycles. The summed E-state index contributed by atoms with van der Waals surface area (Å²) in [4.78, 5) is 30.1. The van der Waals surface area contributed by atoms with Crippen molar-refractivity contribution < 1.29 is 24.2 Å². The average molecular weight is 485 g/mol. The van der Waals surface area contributed by atoms with Crippen molar-refractivity contribution in [1.29, 1.82) is 0 Å². The fraction of sp³-hybridized carbons (Fsp3) is 0.385. The summed E-state index contributed by atoms with van der Waals surface area (Å²) in [5.41, 5.74) is 2.09. The van der Waals surface area contributed by atoms with E-state index in [4.69, 9.17) is 21.1 Å². The molecule has 0 bridgehead atoms. The zero-order valence-corrected chi connectivity index (χ0v) is 20.2.